The Morgan fingerprint density at radius 1 is 1.00 bits per heavy atom. The van der Waals surface area contributed by atoms with Gasteiger partial charge in [0.05, 0.1) is 13.2 Å². The lowest BCUT2D eigenvalue weighted by Gasteiger charge is -2.34. The second-order valence-corrected chi connectivity index (χ2v) is 4.92. The topological polar surface area (TPSA) is 12.5 Å². The lowest BCUT2D eigenvalue weighted by molar-refractivity contribution is 0.0132. The molecule has 0 amide bonds. The summed E-state index contributed by atoms with van der Waals surface area (Å²) in [5.41, 5.74) is 0. The molecule has 1 aliphatic carbocycles. The van der Waals surface area contributed by atoms with E-state index in [9.17, 15) is 0 Å². The molecule has 2 heteroatoms. The third kappa shape index (κ3) is 2.71. The fourth-order valence-electron chi connectivity index (χ4n) is 2.78. The number of hydrogen-bond donors (Lipinski definition) is 0. The number of morpholine rings is 1. The maximum atomic E-state index is 5.40. The molecule has 2 aliphatic rings. The van der Waals surface area contributed by atoms with Gasteiger partial charge in [-0.15, -0.1) is 0 Å². The van der Waals surface area contributed by atoms with Gasteiger partial charge in [0.15, 0.2) is 0 Å². The summed E-state index contributed by atoms with van der Waals surface area (Å²) >= 11 is 0. The zero-order chi connectivity index (χ0) is 9.80. The number of rotatable bonds is 1. The molecule has 0 radical (unpaired) electrons. The van der Waals surface area contributed by atoms with E-state index in [1.165, 1.54) is 45.2 Å². The minimum Gasteiger partial charge on any atom is -0.379 e. The van der Waals surface area contributed by atoms with Gasteiger partial charge in [0.2, 0.25) is 0 Å². The van der Waals surface area contributed by atoms with E-state index in [4.69, 9.17) is 4.74 Å². The summed E-state index contributed by atoms with van der Waals surface area (Å²) in [5.74, 6) is 0.959. The van der Waals surface area contributed by atoms with Crippen LogP contribution in [0.25, 0.3) is 0 Å². The van der Waals surface area contributed by atoms with Crippen LogP contribution in [0, 0.1) is 5.92 Å². The van der Waals surface area contributed by atoms with E-state index in [-0.39, 0.29) is 0 Å². The molecule has 2 fully saturated rings. The lowest BCUT2D eigenvalue weighted by atomic mass is 10.0. The second kappa shape index (κ2) is 5.13. The second-order valence-electron chi connectivity index (χ2n) is 4.92. The minimum absolute atomic E-state index is 0.865. The number of nitrogens with zero attached hydrogens (tertiary/aromatic N) is 1. The molecule has 0 aromatic heterocycles. The molecule has 0 unspecified atom stereocenters. The van der Waals surface area contributed by atoms with E-state index in [1.54, 1.807) is 0 Å². The third-order valence-electron chi connectivity index (χ3n) is 3.79. The van der Waals surface area contributed by atoms with Crippen molar-refractivity contribution < 1.29 is 4.74 Å². The summed E-state index contributed by atoms with van der Waals surface area (Å²) in [4.78, 5) is 2.65. The maximum Gasteiger partial charge on any atom is 0.0594 e. The summed E-state index contributed by atoms with van der Waals surface area (Å²) in [7, 11) is 0. The van der Waals surface area contributed by atoms with Crippen LogP contribution in [0.3, 0.4) is 0 Å². The molecule has 14 heavy (non-hydrogen) atoms. The highest BCUT2D eigenvalue weighted by Crippen LogP contribution is 2.26. The summed E-state index contributed by atoms with van der Waals surface area (Å²) in [5, 5.41) is 0. The van der Waals surface area contributed by atoms with Crippen LogP contribution in [0.1, 0.15) is 39.0 Å². The van der Waals surface area contributed by atoms with Crippen molar-refractivity contribution in [1.82, 2.24) is 4.90 Å². The highest BCUT2D eigenvalue weighted by Gasteiger charge is 2.23. The van der Waals surface area contributed by atoms with E-state index in [0.717, 1.165) is 25.2 Å². The molecule has 82 valence electrons. The van der Waals surface area contributed by atoms with Gasteiger partial charge in [0.25, 0.3) is 0 Å². The highest BCUT2D eigenvalue weighted by atomic mass is 16.5. The van der Waals surface area contributed by atoms with Crippen LogP contribution in [0.2, 0.25) is 0 Å². The van der Waals surface area contributed by atoms with Crippen LogP contribution < -0.4 is 0 Å². The van der Waals surface area contributed by atoms with Gasteiger partial charge in [0.1, 0.15) is 0 Å². The van der Waals surface area contributed by atoms with Crippen LogP contribution in [-0.4, -0.2) is 37.2 Å². The van der Waals surface area contributed by atoms with E-state index in [1.807, 2.05) is 0 Å². The summed E-state index contributed by atoms with van der Waals surface area (Å²) in [6.07, 6.45) is 7.15. The van der Waals surface area contributed by atoms with Gasteiger partial charge >= 0.3 is 0 Å². The molecule has 1 saturated carbocycles. The Kier molecular flexibility index (Phi) is 3.82. The van der Waals surface area contributed by atoms with Gasteiger partial charge in [-0.2, -0.15) is 0 Å². The van der Waals surface area contributed by atoms with Gasteiger partial charge in [-0.05, 0) is 25.2 Å². The summed E-state index contributed by atoms with van der Waals surface area (Å²) in [6, 6.07) is 0.865. The molecule has 1 aliphatic heterocycles. The van der Waals surface area contributed by atoms with Crippen molar-refractivity contribution in [3.63, 3.8) is 0 Å². The molecule has 0 aromatic carbocycles. The van der Waals surface area contributed by atoms with E-state index in [0.29, 0.717) is 0 Å². The first kappa shape index (κ1) is 10.4. The quantitative estimate of drug-likeness (QED) is 0.598. The lowest BCUT2D eigenvalue weighted by Crippen LogP contribution is -2.43. The Bertz CT molecular complexity index is 166. The molecule has 0 bridgehead atoms. The molecular formula is C12H23NO. The van der Waals surface area contributed by atoms with Crippen molar-refractivity contribution >= 4 is 0 Å². The first-order valence-electron chi connectivity index (χ1n) is 6.18. The largest absolute Gasteiger partial charge is 0.379 e. The van der Waals surface area contributed by atoms with Crippen molar-refractivity contribution in [2.45, 2.75) is 45.1 Å². The van der Waals surface area contributed by atoms with Crippen LogP contribution in [-0.2, 0) is 4.74 Å². The zero-order valence-electron chi connectivity index (χ0n) is 9.37. The SMILES string of the molecule is C[C@H]1CCC[C@H](N2CCOCC2)CC1. The first-order chi connectivity index (χ1) is 6.86. The summed E-state index contributed by atoms with van der Waals surface area (Å²) in [6.45, 7) is 6.64. The van der Waals surface area contributed by atoms with Crippen molar-refractivity contribution in [2.75, 3.05) is 26.3 Å². The Morgan fingerprint density at radius 2 is 1.79 bits per heavy atom. The van der Waals surface area contributed by atoms with Crippen LogP contribution in [0.5, 0.6) is 0 Å². The number of ether oxygens (including phenoxy) is 1. The van der Waals surface area contributed by atoms with E-state index < -0.39 is 0 Å². The van der Waals surface area contributed by atoms with E-state index in [2.05, 4.69) is 11.8 Å². The molecule has 2 nitrogen and oxygen atoms in total. The van der Waals surface area contributed by atoms with E-state index >= 15 is 0 Å². The highest BCUT2D eigenvalue weighted by molar-refractivity contribution is 4.77. The van der Waals surface area contributed by atoms with Gasteiger partial charge in [-0.1, -0.05) is 19.8 Å². The smallest absolute Gasteiger partial charge is 0.0594 e. The molecule has 1 saturated heterocycles. The Labute approximate surface area is 87.6 Å². The fourth-order valence-corrected chi connectivity index (χ4v) is 2.78. The zero-order valence-corrected chi connectivity index (χ0v) is 9.37. The third-order valence-corrected chi connectivity index (χ3v) is 3.79. The van der Waals surface area contributed by atoms with Crippen LogP contribution in [0.15, 0.2) is 0 Å². The van der Waals surface area contributed by atoms with Crippen molar-refractivity contribution in [1.29, 1.82) is 0 Å². The normalized spacial score (nSPS) is 36.6. The minimum atomic E-state index is 0.865. The molecule has 2 rings (SSSR count). The first-order valence-corrected chi connectivity index (χ1v) is 6.18. The van der Waals surface area contributed by atoms with Gasteiger partial charge in [-0.3, -0.25) is 4.90 Å². The van der Waals surface area contributed by atoms with Gasteiger partial charge in [-0.25, -0.2) is 0 Å². The fraction of sp³-hybridized carbons (Fsp3) is 1.00. The standard InChI is InChI=1S/C12H23NO/c1-11-3-2-4-12(6-5-11)13-7-9-14-10-8-13/h11-12H,2-10H2,1H3/t11-,12-/m0/s1. The Morgan fingerprint density at radius 3 is 2.57 bits per heavy atom. The molecule has 1 heterocycles. The number of hydrogen-bond acceptors (Lipinski definition) is 2. The maximum absolute atomic E-state index is 5.40. The Balaban J connectivity index is 1.83. The monoisotopic (exact) mass is 197 g/mol. The summed E-state index contributed by atoms with van der Waals surface area (Å²) < 4.78 is 5.40. The van der Waals surface area contributed by atoms with Crippen LogP contribution >= 0.6 is 0 Å². The van der Waals surface area contributed by atoms with Gasteiger partial charge in [0, 0.05) is 19.1 Å². The van der Waals surface area contributed by atoms with Crippen LogP contribution in [0.4, 0.5) is 0 Å². The average molecular weight is 197 g/mol. The molecule has 0 spiro atoms. The molecule has 0 aromatic rings. The Hall–Kier alpha value is -0.0800. The molecule has 0 N–H and O–H groups in total. The average Bonchev–Trinajstić information content (AvgIpc) is 2.44. The van der Waals surface area contributed by atoms with Crippen molar-refractivity contribution in [3.05, 3.63) is 0 Å². The predicted octanol–water partition coefficient (Wildman–Crippen LogP) is 2.29. The van der Waals surface area contributed by atoms with Crippen molar-refractivity contribution in [3.8, 4) is 0 Å². The molecular weight excluding hydrogens is 174 g/mol. The van der Waals surface area contributed by atoms with Crippen molar-refractivity contribution in [2.24, 2.45) is 5.92 Å². The van der Waals surface area contributed by atoms with Gasteiger partial charge < -0.3 is 4.74 Å². The predicted molar refractivity (Wildman–Crippen MR) is 58.4 cm³/mol. The molecule has 2 atom stereocenters.